The Morgan fingerprint density at radius 1 is 1.62 bits per heavy atom. The van der Waals surface area contributed by atoms with Crippen LogP contribution in [0, 0.1) is 0 Å². The maximum Gasteiger partial charge on any atom is 0.265 e. The molecule has 0 heterocycles. The van der Waals surface area contributed by atoms with E-state index in [4.69, 9.17) is 0 Å². The summed E-state index contributed by atoms with van der Waals surface area (Å²) in [6.45, 7) is 3.29. The molecule has 0 rings (SSSR count). The summed E-state index contributed by atoms with van der Waals surface area (Å²) in [5.41, 5.74) is 0. The standard InChI is InChI=1S/C7H15NO3S2/c1-3-4-8-5-7(6-12)11-13(2,9)10/h6-8H,3-5H2,1-2H3. The van der Waals surface area contributed by atoms with E-state index in [1.807, 2.05) is 6.92 Å². The van der Waals surface area contributed by atoms with Gasteiger partial charge >= 0.3 is 0 Å². The Hall–Kier alpha value is -0.0400. The maximum atomic E-state index is 10.7. The molecule has 0 spiro atoms. The third kappa shape index (κ3) is 8.29. The zero-order valence-corrected chi connectivity index (χ0v) is 9.45. The van der Waals surface area contributed by atoms with E-state index in [1.54, 1.807) is 0 Å². The van der Waals surface area contributed by atoms with E-state index in [0.29, 0.717) is 6.54 Å². The SMILES string of the molecule is CCCNCC(C=S)OS(C)(=O)=O. The molecular formula is C7H15NO3S2. The first kappa shape index (κ1) is 13.0. The van der Waals surface area contributed by atoms with Gasteiger partial charge in [-0.05, 0) is 13.0 Å². The van der Waals surface area contributed by atoms with Gasteiger partial charge in [0.25, 0.3) is 10.1 Å². The van der Waals surface area contributed by atoms with Crippen LogP contribution in [0.3, 0.4) is 0 Å². The minimum absolute atomic E-state index is 0.435. The molecule has 0 aliphatic heterocycles. The van der Waals surface area contributed by atoms with Crippen molar-refractivity contribution in [2.75, 3.05) is 19.3 Å². The molecule has 0 radical (unpaired) electrons. The maximum absolute atomic E-state index is 10.7. The average molecular weight is 225 g/mol. The Labute approximate surface area is 84.8 Å². The van der Waals surface area contributed by atoms with Crippen LogP contribution in [0.5, 0.6) is 0 Å². The number of nitrogens with one attached hydrogen (secondary N) is 1. The van der Waals surface area contributed by atoms with Crippen molar-refractivity contribution in [3.8, 4) is 0 Å². The Morgan fingerprint density at radius 3 is 2.62 bits per heavy atom. The number of rotatable bonds is 7. The smallest absolute Gasteiger partial charge is 0.265 e. The first-order valence-electron chi connectivity index (χ1n) is 4.04. The molecule has 6 heteroatoms. The summed E-state index contributed by atoms with van der Waals surface area (Å²) in [5, 5.41) is 4.33. The van der Waals surface area contributed by atoms with E-state index in [1.165, 1.54) is 5.37 Å². The van der Waals surface area contributed by atoms with Crippen LogP contribution in [0.1, 0.15) is 13.3 Å². The molecule has 0 aliphatic carbocycles. The summed E-state index contributed by atoms with van der Waals surface area (Å²) in [4.78, 5) is 0. The van der Waals surface area contributed by atoms with Gasteiger partial charge in [0.1, 0.15) is 6.10 Å². The highest BCUT2D eigenvalue weighted by Crippen LogP contribution is 1.94. The van der Waals surface area contributed by atoms with Gasteiger partial charge in [-0.25, -0.2) is 0 Å². The molecule has 0 aromatic carbocycles. The Kier molecular flexibility index (Phi) is 6.40. The fourth-order valence-electron chi connectivity index (χ4n) is 0.750. The predicted molar refractivity (Wildman–Crippen MR) is 56.5 cm³/mol. The molecular weight excluding hydrogens is 210 g/mol. The lowest BCUT2D eigenvalue weighted by atomic mass is 10.4. The number of hydrogen-bond donors (Lipinski definition) is 1. The summed E-state index contributed by atoms with van der Waals surface area (Å²) in [5.74, 6) is 0. The summed E-state index contributed by atoms with van der Waals surface area (Å²) < 4.78 is 26.1. The van der Waals surface area contributed by atoms with E-state index in [2.05, 4.69) is 21.7 Å². The molecule has 0 saturated heterocycles. The molecule has 0 aromatic heterocycles. The lowest BCUT2D eigenvalue weighted by Gasteiger charge is -2.11. The Bertz CT molecular complexity index is 238. The van der Waals surface area contributed by atoms with Crippen LogP contribution in [0.4, 0.5) is 0 Å². The average Bonchev–Trinajstić information content (AvgIpc) is 2.01. The van der Waals surface area contributed by atoms with E-state index >= 15 is 0 Å². The topological polar surface area (TPSA) is 55.4 Å². The molecule has 0 aliphatic rings. The quantitative estimate of drug-likeness (QED) is 0.384. The van der Waals surface area contributed by atoms with Crippen LogP contribution in [-0.2, 0) is 14.3 Å². The molecule has 1 unspecified atom stereocenters. The largest absolute Gasteiger partial charge is 0.314 e. The van der Waals surface area contributed by atoms with Crippen LogP contribution >= 0.6 is 12.2 Å². The van der Waals surface area contributed by atoms with Crippen LogP contribution in [0.15, 0.2) is 0 Å². The second kappa shape index (κ2) is 6.42. The minimum Gasteiger partial charge on any atom is -0.314 e. The minimum atomic E-state index is -3.41. The Morgan fingerprint density at radius 2 is 2.23 bits per heavy atom. The summed E-state index contributed by atoms with van der Waals surface area (Å²) in [6, 6.07) is 0. The highest BCUT2D eigenvalue weighted by Gasteiger charge is 2.11. The van der Waals surface area contributed by atoms with Crippen molar-refractivity contribution in [1.82, 2.24) is 5.32 Å². The fraction of sp³-hybridized carbons (Fsp3) is 0.857. The van der Waals surface area contributed by atoms with E-state index < -0.39 is 16.2 Å². The van der Waals surface area contributed by atoms with Crippen molar-refractivity contribution in [3.05, 3.63) is 0 Å². The van der Waals surface area contributed by atoms with Crippen LogP contribution in [0.2, 0.25) is 0 Å². The summed E-state index contributed by atoms with van der Waals surface area (Å²) in [6.07, 6.45) is 1.46. The predicted octanol–water partition coefficient (Wildman–Crippen LogP) is 0.330. The molecule has 13 heavy (non-hydrogen) atoms. The molecule has 0 aromatic rings. The lowest BCUT2D eigenvalue weighted by molar-refractivity contribution is 0.275. The molecule has 1 atom stereocenters. The molecule has 78 valence electrons. The van der Waals surface area contributed by atoms with Crippen molar-refractivity contribution < 1.29 is 12.6 Å². The number of thiocarbonyl (C=S) groups is 1. The van der Waals surface area contributed by atoms with Gasteiger partial charge in [-0.1, -0.05) is 19.1 Å². The van der Waals surface area contributed by atoms with Crippen molar-refractivity contribution in [1.29, 1.82) is 0 Å². The second-order valence-electron chi connectivity index (χ2n) is 2.68. The van der Waals surface area contributed by atoms with Gasteiger partial charge < -0.3 is 5.32 Å². The Balaban J connectivity index is 3.84. The normalized spacial score (nSPS) is 14.0. The molecule has 0 fully saturated rings. The van der Waals surface area contributed by atoms with Crippen LogP contribution in [-0.4, -0.2) is 39.2 Å². The summed E-state index contributed by atoms with van der Waals surface area (Å²) in [7, 11) is -3.41. The van der Waals surface area contributed by atoms with Gasteiger partial charge in [-0.2, -0.15) is 8.42 Å². The van der Waals surface area contributed by atoms with E-state index in [0.717, 1.165) is 19.2 Å². The first-order valence-corrected chi connectivity index (χ1v) is 6.32. The lowest BCUT2D eigenvalue weighted by Crippen LogP contribution is -2.31. The van der Waals surface area contributed by atoms with Gasteiger partial charge in [-0.3, -0.25) is 4.18 Å². The monoisotopic (exact) mass is 225 g/mol. The zero-order valence-electron chi connectivity index (χ0n) is 7.82. The van der Waals surface area contributed by atoms with Crippen LogP contribution in [0.25, 0.3) is 0 Å². The van der Waals surface area contributed by atoms with Gasteiger partial charge in [0.2, 0.25) is 0 Å². The third-order valence-electron chi connectivity index (χ3n) is 1.22. The van der Waals surface area contributed by atoms with Gasteiger partial charge in [0.05, 0.1) is 6.26 Å². The van der Waals surface area contributed by atoms with E-state index in [-0.39, 0.29) is 0 Å². The van der Waals surface area contributed by atoms with Crippen LogP contribution < -0.4 is 5.32 Å². The van der Waals surface area contributed by atoms with Crippen molar-refractivity contribution in [2.24, 2.45) is 0 Å². The van der Waals surface area contributed by atoms with E-state index in [9.17, 15) is 8.42 Å². The first-order chi connectivity index (χ1) is 5.99. The zero-order chi connectivity index (χ0) is 10.3. The molecule has 1 N–H and O–H groups in total. The second-order valence-corrected chi connectivity index (χ2v) is 4.55. The highest BCUT2D eigenvalue weighted by molar-refractivity contribution is 7.86. The van der Waals surface area contributed by atoms with Gasteiger partial charge in [0.15, 0.2) is 0 Å². The van der Waals surface area contributed by atoms with Gasteiger partial charge in [0, 0.05) is 11.9 Å². The molecule has 0 saturated carbocycles. The van der Waals surface area contributed by atoms with Gasteiger partial charge in [-0.15, -0.1) is 0 Å². The molecule has 0 bridgehead atoms. The number of hydrogen-bond acceptors (Lipinski definition) is 5. The van der Waals surface area contributed by atoms with Crippen molar-refractivity contribution in [2.45, 2.75) is 19.4 Å². The van der Waals surface area contributed by atoms with Crippen molar-refractivity contribution in [3.63, 3.8) is 0 Å². The molecule has 0 amide bonds. The summed E-state index contributed by atoms with van der Waals surface area (Å²) >= 11 is 4.64. The highest BCUT2D eigenvalue weighted by atomic mass is 32.2. The van der Waals surface area contributed by atoms with Crippen molar-refractivity contribution >= 4 is 27.7 Å². The third-order valence-corrected chi connectivity index (χ3v) is 2.12. The molecule has 4 nitrogen and oxygen atoms in total. The fourth-order valence-corrected chi connectivity index (χ4v) is 1.55.